The molecule has 0 aliphatic heterocycles. The SMILES string of the molecule is C=Cc1cccc(C(C(=O)NCCCCC)N(CCC)C(=O)C(CS)NC(=O)OC(C)(C)C)c1. The van der Waals surface area contributed by atoms with Crippen molar-refractivity contribution in [2.24, 2.45) is 0 Å². The van der Waals surface area contributed by atoms with E-state index in [-0.39, 0.29) is 17.6 Å². The number of hydrogen-bond donors (Lipinski definition) is 3. The van der Waals surface area contributed by atoms with Crippen molar-refractivity contribution in [3.05, 3.63) is 42.0 Å². The fraction of sp³-hybridized carbons (Fsp3) is 0.577. The molecule has 190 valence electrons. The number of nitrogens with zero attached hydrogens (tertiary/aromatic N) is 1. The molecule has 0 fully saturated rings. The van der Waals surface area contributed by atoms with Crippen molar-refractivity contribution in [3.63, 3.8) is 0 Å². The summed E-state index contributed by atoms with van der Waals surface area (Å²) in [6.45, 7) is 14.0. The van der Waals surface area contributed by atoms with Gasteiger partial charge in [0.05, 0.1) is 0 Å². The zero-order chi connectivity index (χ0) is 25.7. The van der Waals surface area contributed by atoms with Crippen LogP contribution >= 0.6 is 12.6 Å². The van der Waals surface area contributed by atoms with Gasteiger partial charge in [0.1, 0.15) is 17.7 Å². The molecule has 0 radical (unpaired) electrons. The highest BCUT2D eigenvalue weighted by Crippen LogP contribution is 2.24. The van der Waals surface area contributed by atoms with Gasteiger partial charge in [0, 0.05) is 18.8 Å². The van der Waals surface area contributed by atoms with Gasteiger partial charge in [-0.1, -0.05) is 57.5 Å². The Balaban J connectivity index is 3.29. The zero-order valence-electron chi connectivity index (χ0n) is 21.2. The summed E-state index contributed by atoms with van der Waals surface area (Å²) >= 11 is 4.29. The highest BCUT2D eigenvalue weighted by molar-refractivity contribution is 7.80. The van der Waals surface area contributed by atoms with E-state index in [0.29, 0.717) is 25.1 Å². The van der Waals surface area contributed by atoms with E-state index in [1.54, 1.807) is 26.8 Å². The highest BCUT2D eigenvalue weighted by Gasteiger charge is 2.35. The zero-order valence-corrected chi connectivity index (χ0v) is 22.1. The van der Waals surface area contributed by atoms with Gasteiger partial charge < -0.3 is 20.3 Å². The first kappa shape index (κ1) is 29.6. The van der Waals surface area contributed by atoms with Crippen LogP contribution in [0.15, 0.2) is 30.8 Å². The first-order chi connectivity index (χ1) is 16.1. The molecule has 2 N–H and O–H groups in total. The molecule has 0 heterocycles. The number of benzene rings is 1. The first-order valence-corrected chi connectivity index (χ1v) is 12.6. The number of rotatable bonds is 13. The van der Waals surface area contributed by atoms with Crippen LogP contribution in [0.2, 0.25) is 0 Å². The lowest BCUT2D eigenvalue weighted by Crippen LogP contribution is -2.54. The van der Waals surface area contributed by atoms with E-state index in [9.17, 15) is 14.4 Å². The number of nitrogens with one attached hydrogen (secondary N) is 2. The maximum atomic E-state index is 13.6. The number of unbranched alkanes of at least 4 members (excludes halogenated alkanes) is 2. The predicted molar refractivity (Wildman–Crippen MR) is 141 cm³/mol. The molecule has 34 heavy (non-hydrogen) atoms. The molecule has 0 aromatic heterocycles. The smallest absolute Gasteiger partial charge is 0.408 e. The Kier molecular flexibility index (Phi) is 12.8. The molecule has 0 aliphatic carbocycles. The van der Waals surface area contributed by atoms with Crippen LogP contribution in [0.4, 0.5) is 4.79 Å². The minimum atomic E-state index is -0.942. The first-order valence-electron chi connectivity index (χ1n) is 12.0. The summed E-state index contributed by atoms with van der Waals surface area (Å²) in [4.78, 5) is 40.9. The third-order valence-corrected chi connectivity index (χ3v) is 5.39. The quantitative estimate of drug-likeness (QED) is 0.275. The summed E-state index contributed by atoms with van der Waals surface area (Å²) in [5.41, 5.74) is 0.828. The van der Waals surface area contributed by atoms with Gasteiger partial charge in [0.2, 0.25) is 11.8 Å². The summed E-state index contributed by atoms with van der Waals surface area (Å²) in [6, 6.07) is 5.62. The van der Waals surface area contributed by atoms with Crippen molar-refractivity contribution in [1.82, 2.24) is 15.5 Å². The van der Waals surface area contributed by atoms with E-state index in [0.717, 1.165) is 24.8 Å². The molecule has 1 rings (SSSR count). The van der Waals surface area contributed by atoms with E-state index < -0.39 is 23.8 Å². The van der Waals surface area contributed by atoms with Gasteiger partial charge >= 0.3 is 6.09 Å². The lowest BCUT2D eigenvalue weighted by Gasteiger charge is -2.34. The van der Waals surface area contributed by atoms with E-state index in [1.165, 1.54) is 4.90 Å². The number of carbonyl (C=O) groups excluding carboxylic acids is 3. The largest absolute Gasteiger partial charge is 0.444 e. The van der Waals surface area contributed by atoms with Crippen molar-refractivity contribution >= 4 is 36.6 Å². The summed E-state index contributed by atoms with van der Waals surface area (Å²) in [6.07, 6.45) is 4.55. The Morgan fingerprint density at radius 2 is 1.88 bits per heavy atom. The summed E-state index contributed by atoms with van der Waals surface area (Å²) in [7, 11) is 0. The Labute approximate surface area is 210 Å². The molecule has 8 heteroatoms. The molecule has 0 saturated heterocycles. The lowest BCUT2D eigenvalue weighted by atomic mass is 10.00. The topological polar surface area (TPSA) is 87.7 Å². The number of ether oxygens (including phenoxy) is 1. The van der Waals surface area contributed by atoms with E-state index >= 15 is 0 Å². The normalized spacial score (nSPS) is 12.9. The maximum absolute atomic E-state index is 13.6. The van der Waals surface area contributed by atoms with Crippen LogP contribution in [-0.2, 0) is 14.3 Å². The minimum Gasteiger partial charge on any atom is -0.444 e. The van der Waals surface area contributed by atoms with Crippen LogP contribution in [0.3, 0.4) is 0 Å². The van der Waals surface area contributed by atoms with E-state index in [4.69, 9.17) is 4.74 Å². The van der Waals surface area contributed by atoms with Crippen LogP contribution in [-0.4, -0.2) is 53.3 Å². The molecule has 7 nitrogen and oxygen atoms in total. The standard InChI is InChI=1S/C26H41N3O4S/c1-7-10-11-15-27-23(30)22(20-14-12-13-19(9-3)17-20)29(16-8-2)24(31)21(18-34)28-25(32)33-26(4,5)6/h9,12-14,17,21-22,34H,3,7-8,10-11,15-16,18H2,1-2,4-6H3,(H,27,30)(H,28,32). The third-order valence-electron chi connectivity index (χ3n) is 5.02. The van der Waals surface area contributed by atoms with Crippen LogP contribution in [0.1, 0.15) is 77.5 Å². The van der Waals surface area contributed by atoms with Crippen molar-refractivity contribution in [2.75, 3.05) is 18.8 Å². The molecule has 1 aromatic rings. The van der Waals surface area contributed by atoms with Gasteiger partial charge in [-0.2, -0.15) is 12.6 Å². The minimum absolute atomic E-state index is 0.0653. The van der Waals surface area contributed by atoms with Crippen molar-refractivity contribution < 1.29 is 19.1 Å². The summed E-state index contributed by atoms with van der Waals surface area (Å²) in [5.74, 6) is -0.578. The number of thiol groups is 1. The summed E-state index contributed by atoms with van der Waals surface area (Å²) in [5, 5.41) is 5.60. The molecular formula is C26H41N3O4S. The second-order valence-corrected chi connectivity index (χ2v) is 9.55. The van der Waals surface area contributed by atoms with Gasteiger partial charge in [-0.05, 0) is 50.8 Å². The molecule has 2 atom stereocenters. The molecule has 3 amide bonds. The van der Waals surface area contributed by atoms with Crippen molar-refractivity contribution in [1.29, 1.82) is 0 Å². The van der Waals surface area contributed by atoms with Gasteiger partial charge in [-0.15, -0.1) is 0 Å². The fourth-order valence-corrected chi connectivity index (χ4v) is 3.70. The third kappa shape index (κ3) is 9.79. The molecule has 2 unspecified atom stereocenters. The average molecular weight is 492 g/mol. The van der Waals surface area contributed by atoms with Gasteiger partial charge in [0.25, 0.3) is 0 Å². The van der Waals surface area contributed by atoms with E-state index in [1.807, 2.05) is 31.2 Å². The maximum Gasteiger partial charge on any atom is 0.408 e. The predicted octanol–water partition coefficient (Wildman–Crippen LogP) is 4.74. The summed E-state index contributed by atoms with van der Waals surface area (Å²) < 4.78 is 5.31. The molecule has 0 aliphatic rings. The Hall–Kier alpha value is -2.48. The molecular weight excluding hydrogens is 450 g/mol. The monoisotopic (exact) mass is 491 g/mol. The number of carbonyl (C=O) groups is 3. The lowest BCUT2D eigenvalue weighted by molar-refractivity contribution is -0.142. The Bertz CT molecular complexity index is 823. The van der Waals surface area contributed by atoms with Crippen LogP contribution in [0.25, 0.3) is 6.08 Å². The van der Waals surface area contributed by atoms with Gasteiger partial charge in [-0.3, -0.25) is 9.59 Å². The van der Waals surface area contributed by atoms with Crippen LogP contribution in [0.5, 0.6) is 0 Å². The second kappa shape index (κ2) is 14.7. The van der Waals surface area contributed by atoms with Crippen molar-refractivity contribution in [3.8, 4) is 0 Å². The highest BCUT2D eigenvalue weighted by atomic mass is 32.1. The van der Waals surface area contributed by atoms with Crippen molar-refractivity contribution in [2.45, 2.75) is 78.0 Å². The van der Waals surface area contributed by atoms with Gasteiger partial charge in [0.15, 0.2) is 0 Å². The molecule has 1 aromatic carbocycles. The number of amides is 3. The average Bonchev–Trinajstić information content (AvgIpc) is 2.78. The number of hydrogen-bond acceptors (Lipinski definition) is 5. The van der Waals surface area contributed by atoms with Crippen LogP contribution < -0.4 is 10.6 Å². The molecule has 0 saturated carbocycles. The van der Waals surface area contributed by atoms with Gasteiger partial charge in [-0.25, -0.2) is 4.79 Å². The van der Waals surface area contributed by atoms with Crippen LogP contribution in [0, 0.1) is 0 Å². The fourth-order valence-electron chi connectivity index (χ4n) is 3.46. The van der Waals surface area contributed by atoms with E-state index in [2.05, 4.69) is 36.8 Å². The molecule has 0 spiro atoms. The Morgan fingerprint density at radius 3 is 2.44 bits per heavy atom. The Morgan fingerprint density at radius 1 is 1.18 bits per heavy atom. The second-order valence-electron chi connectivity index (χ2n) is 9.19. The number of alkyl carbamates (subject to hydrolysis) is 1. The molecule has 0 bridgehead atoms.